The van der Waals surface area contributed by atoms with Gasteiger partial charge >= 0.3 is 0 Å². The zero-order valence-electron chi connectivity index (χ0n) is 23.4. The van der Waals surface area contributed by atoms with Crippen molar-refractivity contribution in [1.82, 2.24) is 0 Å². The van der Waals surface area contributed by atoms with E-state index in [4.69, 9.17) is 0 Å². The molecule has 6 aromatic carbocycles. The molecule has 198 valence electrons. The molecule has 42 heavy (non-hydrogen) atoms. The van der Waals surface area contributed by atoms with Gasteiger partial charge in [-0.15, -0.1) is 0 Å². The molecule has 3 aliphatic rings. The van der Waals surface area contributed by atoms with Crippen LogP contribution in [0.25, 0.3) is 61.4 Å². The summed E-state index contributed by atoms with van der Waals surface area (Å²) in [6.07, 6.45) is 4.50. The molecule has 3 aliphatic carbocycles. The minimum Gasteiger partial charge on any atom is -0.384 e. The van der Waals surface area contributed by atoms with E-state index in [0.29, 0.717) is 0 Å². The first-order chi connectivity index (χ1) is 20.7. The normalized spacial score (nSPS) is 16.6. The van der Waals surface area contributed by atoms with Crippen molar-refractivity contribution in [2.24, 2.45) is 0 Å². The van der Waals surface area contributed by atoms with Gasteiger partial charge in [-0.25, -0.2) is 0 Å². The van der Waals surface area contributed by atoms with Crippen molar-refractivity contribution >= 4 is 28.0 Å². The smallest absolute Gasteiger partial charge is 0.0993 e. The first-order valence-electron chi connectivity index (χ1n) is 14.8. The highest BCUT2D eigenvalue weighted by atomic mass is 16.3. The maximum atomic E-state index is 12.1. The summed E-state index contributed by atoms with van der Waals surface area (Å²) >= 11 is 0. The number of hydrogen-bond acceptors (Lipinski definition) is 1. The van der Waals surface area contributed by atoms with Crippen LogP contribution in [0.4, 0.5) is 0 Å². The fourth-order valence-corrected chi connectivity index (χ4v) is 7.60. The Kier molecular flexibility index (Phi) is 4.94. The zero-order valence-corrected chi connectivity index (χ0v) is 23.4. The maximum absolute atomic E-state index is 12.1. The molecular formula is C41H28O. The molecule has 1 atom stereocenters. The fraction of sp³-hybridized carbons (Fsp3) is 0.0732. The summed E-state index contributed by atoms with van der Waals surface area (Å²) in [6.45, 7) is 2.19. The van der Waals surface area contributed by atoms with Gasteiger partial charge < -0.3 is 5.11 Å². The molecule has 0 spiro atoms. The second-order valence-corrected chi connectivity index (χ2v) is 11.8. The second-order valence-electron chi connectivity index (χ2n) is 11.8. The molecule has 1 unspecified atom stereocenters. The Labute approximate surface area is 245 Å². The lowest BCUT2D eigenvalue weighted by Crippen LogP contribution is -2.30. The van der Waals surface area contributed by atoms with Crippen molar-refractivity contribution in [1.29, 1.82) is 0 Å². The van der Waals surface area contributed by atoms with E-state index in [0.717, 1.165) is 33.9 Å². The van der Waals surface area contributed by atoms with Crippen molar-refractivity contribution in [2.45, 2.75) is 19.4 Å². The van der Waals surface area contributed by atoms with E-state index in [1.165, 1.54) is 66.1 Å². The average molecular weight is 537 g/mol. The van der Waals surface area contributed by atoms with E-state index >= 15 is 0 Å². The van der Waals surface area contributed by atoms with Gasteiger partial charge in [-0.3, -0.25) is 0 Å². The lowest BCUT2D eigenvalue weighted by atomic mass is 9.85. The topological polar surface area (TPSA) is 20.2 Å². The standard InChI is InChI=1S/C41H28O/c1-24-19-28-12-8-16-32-36-22-33-27(21-35(36)37(20-24)39(28)32)18-17-26-11-7-15-30-29-13-5-6-14-31(29)41(40(26)30)38(42)23-34(33)25-9-3-2-4-10-25/h2-17,19-23,38,42H,18H2,1H3/b26-17-,34-23?. The van der Waals surface area contributed by atoms with Crippen LogP contribution >= 0.6 is 0 Å². The van der Waals surface area contributed by atoms with Gasteiger partial charge in [-0.2, -0.15) is 0 Å². The molecule has 0 aromatic heterocycles. The number of benzene rings is 6. The van der Waals surface area contributed by atoms with Crippen molar-refractivity contribution in [3.8, 4) is 33.4 Å². The number of rotatable bonds is 1. The van der Waals surface area contributed by atoms with Crippen LogP contribution < -0.4 is 10.4 Å². The van der Waals surface area contributed by atoms with E-state index in [2.05, 4.69) is 134 Å². The molecule has 0 fully saturated rings. The fourth-order valence-electron chi connectivity index (χ4n) is 7.60. The molecule has 1 heteroatoms. The molecule has 0 saturated heterocycles. The molecule has 1 N–H and O–H groups in total. The Morgan fingerprint density at radius 3 is 2.21 bits per heavy atom. The molecule has 0 aliphatic heterocycles. The SMILES string of the molecule is Cc1cc2c3c(cccc3c1)-c1cc3c(cc1-2)C/C=c1/cccc2c1=C(c1ccccc1-2)C(O)C=C3c1ccccc1. The quantitative estimate of drug-likeness (QED) is 0.227. The molecule has 0 radical (unpaired) electrons. The number of aliphatic hydroxyl groups excluding tert-OH is 1. The average Bonchev–Trinajstić information content (AvgIpc) is 3.52. The van der Waals surface area contributed by atoms with Gasteiger partial charge in [0.25, 0.3) is 0 Å². The van der Waals surface area contributed by atoms with E-state index in [1.807, 2.05) is 0 Å². The summed E-state index contributed by atoms with van der Waals surface area (Å²) in [6, 6.07) is 41.7. The third-order valence-corrected chi connectivity index (χ3v) is 9.36. The predicted octanol–water partition coefficient (Wildman–Crippen LogP) is 7.80. The van der Waals surface area contributed by atoms with Gasteiger partial charge in [0, 0.05) is 5.57 Å². The summed E-state index contributed by atoms with van der Waals surface area (Å²) in [5.41, 5.74) is 15.6. The lowest BCUT2D eigenvalue weighted by molar-refractivity contribution is 0.280. The largest absolute Gasteiger partial charge is 0.384 e. The zero-order chi connectivity index (χ0) is 27.9. The molecule has 0 amide bonds. The van der Waals surface area contributed by atoms with Crippen molar-refractivity contribution in [3.05, 3.63) is 160 Å². The van der Waals surface area contributed by atoms with E-state index < -0.39 is 6.10 Å². The minimum atomic E-state index is -0.764. The predicted molar refractivity (Wildman–Crippen MR) is 174 cm³/mol. The number of aryl methyl sites for hydroxylation is 1. The molecule has 9 rings (SSSR count). The van der Waals surface area contributed by atoms with Crippen LogP contribution in [0.15, 0.2) is 121 Å². The number of hydrogen-bond donors (Lipinski definition) is 1. The molecule has 6 aromatic rings. The summed E-state index contributed by atoms with van der Waals surface area (Å²) in [5.74, 6) is 0. The van der Waals surface area contributed by atoms with Crippen LogP contribution in [-0.4, -0.2) is 11.2 Å². The van der Waals surface area contributed by atoms with Crippen LogP contribution in [-0.2, 0) is 6.42 Å². The third kappa shape index (κ3) is 3.29. The molecule has 0 bridgehead atoms. The lowest BCUT2D eigenvalue weighted by Gasteiger charge is -2.20. The number of fused-ring (bicyclic) bond motifs is 7. The van der Waals surface area contributed by atoms with Gasteiger partial charge in [-0.05, 0) is 120 Å². The van der Waals surface area contributed by atoms with Crippen molar-refractivity contribution < 1.29 is 5.11 Å². The van der Waals surface area contributed by atoms with E-state index in [9.17, 15) is 5.11 Å². The van der Waals surface area contributed by atoms with E-state index in [-0.39, 0.29) is 0 Å². The number of aliphatic hydroxyl groups is 1. The van der Waals surface area contributed by atoms with Crippen molar-refractivity contribution in [2.75, 3.05) is 0 Å². The first kappa shape index (κ1) is 23.7. The van der Waals surface area contributed by atoms with Gasteiger partial charge in [0.05, 0.1) is 6.10 Å². The van der Waals surface area contributed by atoms with Gasteiger partial charge in [-0.1, -0.05) is 109 Å². The third-order valence-electron chi connectivity index (χ3n) is 9.36. The molecular weight excluding hydrogens is 508 g/mol. The molecule has 0 heterocycles. The Hall–Kier alpha value is -4.98. The summed E-state index contributed by atoms with van der Waals surface area (Å²) in [7, 11) is 0. The Morgan fingerprint density at radius 2 is 1.33 bits per heavy atom. The Balaban J connectivity index is 1.38. The van der Waals surface area contributed by atoms with Crippen LogP contribution in [0.1, 0.15) is 27.8 Å². The monoisotopic (exact) mass is 536 g/mol. The van der Waals surface area contributed by atoms with Crippen molar-refractivity contribution in [3.63, 3.8) is 0 Å². The summed E-state index contributed by atoms with van der Waals surface area (Å²) in [5, 5.41) is 17.1. The first-order valence-corrected chi connectivity index (χ1v) is 14.8. The van der Waals surface area contributed by atoms with Crippen LogP contribution in [0.5, 0.6) is 0 Å². The van der Waals surface area contributed by atoms with E-state index in [1.54, 1.807) is 0 Å². The summed E-state index contributed by atoms with van der Waals surface area (Å²) in [4.78, 5) is 0. The highest BCUT2D eigenvalue weighted by Gasteiger charge is 2.28. The Bertz CT molecular complexity index is 2290. The minimum absolute atomic E-state index is 0.764. The molecule has 0 saturated carbocycles. The summed E-state index contributed by atoms with van der Waals surface area (Å²) < 4.78 is 0. The maximum Gasteiger partial charge on any atom is 0.0993 e. The highest BCUT2D eigenvalue weighted by Crippen LogP contribution is 2.50. The second kappa shape index (κ2) is 8.76. The van der Waals surface area contributed by atoms with Gasteiger partial charge in [0.1, 0.15) is 0 Å². The Morgan fingerprint density at radius 1 is 0.595 bits per heavy atom. The van der Waals surface area contributed by atoms with Crippen LogP contribution in [0, 0.1) is 6.92 Å². The van der Waals surface area contributed by atoms with Gasteiger partial charge in [0.15, 0.2) is 0 Å². The van der Waals surface area contributed by atoms with Crippen LogP contribution in [0.3, 0.4) is 0 Å². The van der Waals surface area contributed by atoms with Crippen LogP contribution in [0.2, 0.25) is 0 Å². The molecule has 1 nitrogen and oxygen atoms in total. The highest BCUT2D eigenvalue weighted by molar-refractivity contribution is 6.16. The van der Waals surface area contributed by atoms with Gasteiger partial charge in [0.2, 0.25) is 0 Å².